The summed E-state index contributed by atoms with van der Waals surface area (Å²) in [4.78, 5) is 12.6. The zero-order valence-electron chi connectivity index (χ0n) is 11.4. The van der Waals surface area contributed by atoms with E-state index in [2.05, 4.69) is 25.7 Å². The third kappa shape index (κ3) is 1.88. The number of rotatable bonds is 2. The second kappa shape index (κ2) is 4.03. The van der Waals surface area contributed by atoms with Crippen molar-refractivity contribution in [2.45, 2.75) is 19.6 Å². The van der Waals surface area contributed by atoms with Gasteiger partial charge in [-0.1, -0.05) is 37.8 Å². The van der Waals surface area contributed by atoms with E-state index in [4.69, 9.17) is 0 Å². The molecule has 0 bridgehead atoms. The molecule has 0 atom stereocenters. The molecule has 3 nitrogen and oxygen atoms in total. The summed E-state index contributed by atoms with van der Waals surface area (Å²) in [5.74, 6) is 0. The van der Waals surface area contributed by atoms with E-state index in [0.29, 0.717) is 0 Å². The highest BCUT2D eigenvalue weighted by molar-refractivity contribution is 6.88. The van der Waals surface area contributed by atoms with Gasteiger partial charge in [0.2, 0.25) is 0 Å². The summed E-state index contributed by atoms with van der Waals surface area (Å²) in [6, 6.07) is 13.9. The Kier molecular flexibility index (Phi) is 2.57. The lowest BCUT2D eigenvalue weighted by Crippen LogP contribution is -2.45. The van der Waals surface area contributed by atoms with E-state index in [0.717, 1.165) is 11.4 Å². The van der Waals surface area contributed by atoms with E-state index in [1.165, 1.54) is 5.32 Å². The largest absolute Gasteiger partial charge is 0.508 e. The maximum atomic E-state index is 12.6. The van der Waals surface area contributed by atoms with Gasteiger partial charge >= 0.3 is 6.03 Å². The highest BCUT2D eigenvalue weighted by atomic mass is 28.3. The van der Waals surface area contributed by atoms with E-state index in [1.54, 1.807) is 4.58 Å². The molecule has 0 radical (unpaired) electrons. The van der Waals surface area contributed by atoms with Gasteiger partial charge in [0, 0.05) is 0 Å². The van der Waals surface area contributed by atoms with E-state index >= 15 is 0 Å². The molecule has 2 heterocycles. The van der Waals surface area contributed by atoms with Crippen molar-refractivity contribution in [2.75, 3.05) is 0 Å². The summed E-state index contributed by atoms with van der Waals surface area (Å²) >= 11 is 0. The fraction of sp³-hybridized carbons (Fsp3) is 0.200. The molecule has 1 aromatic carbocycles. The Hall–Kier alpha value is -1.94. The summed E-state index contributed by atoms with van der Waals surface area (Å²) in [6.45, 7) is 6.77. The predicted molar refractivity (Wildman–Crippen MR) is 79.7 cm³/mol. The Balaban J connectivity index is 2.09. The first kappa shape index (κ1) is 12.1. The molecule has 3 rings (SSSR count). The number of carbonyl (C=O) groups is 1. The van der Waals surface area contributed by atoms with Crippen LogP contribution in [0.25, 0.3) is 0 Å². The van der Waals surface area contributed by atoms with Crippen molar-refractivity contribution >= 4 is 31.3 Å². The molecule has 0 aliphatic carbocycles. The van der Waals surface area contributed by atoms with Crippen LogP contribution in [0.5, 0.6) is 0 Å². The lowest BCUT2D eigenvalue weighted by atomic mass is 10.3. The molecular weight excluding hydrogens is 252 g/mol. The van der Waals surface area contributed by atoms with Crippen LogP contribution >= 0.6 is 0 Å². The van der Waals surface area contributed by atoms with Crippen molar-refractivity contribution in [2.24, 2.45) is 0 Å². The fourth-order valence-corrected chi connectivity index (χ4v) is 3.90. The van der Waals surface area contributed by atoms with Crippen molar-refractivity contribution in [1.29, 1.82) is 0 Å². The Morgan fingerprint density at radius 3 is 2.32 bits per heavy atom. The van der Waals surface area contributed by atoms with Crippen LogP contribution in [-0.2, 0) is 0 Å². The van der Waals surface area contributed by atoms with Gasteiger partial charge in [-0.25, -0.2) is 0 Å². The van der Waals surface area contributed by atoms with Crippen LogP contribution in [0, 0.1) is 0 Å². The van der Waals surface area contributed by atoms with Crippen LogP contribution in [0.15, 0.2) is 42.5 Å². The molecule has 0 saturated heterocycles. The number of para-hydroxylation sites is 1. The maximum absolute atomic E-state index is 12.6. The second-order valence-electron chi connectivity index (χ2n) is 5.85. The van der Waals surface area contributed by atoms with Gasteiger partial charge in [0.05, 0.1) is 5.32 Å². The highest BCUT2D eigenvalue weighted by Gasteiger charge is 2.38. The smallest absolute Gasteiger partial charge is 0.196 e. The summed E-state index contributed by atoms with van der Waals surface area (Å²) in [5.41, 5.74) is 1.89. The lowest BCUT2D eigenvalue weighted by molar-refractivity contribution is -0.321. The van der Waals surface area contributed by atoms with E-state index in [1.807, 2.05) is 47.2 Å². The van der Waals surface area contributed by atoms with Crippen molar-refractivity contribution in [1.82, 2.24) is 4.57 Å². The van der Waals surface area contributed by atoms with Gasteiger partial charge < -0.3 is 0 Å². The van der Waals surface area contributed by atoms with E-state index in [-0.39, 0.29) is 6.03 Å². The Morgan fingerprint density at radius 2 is 1.68 bits per heavy atom. The molecule has 0 unspecified atom stereocenters. The molecule has 1 aliphatic rings. The average Bonchev–Trinajstić information content (AvgIpc) is 2.91. The number of hydrogen-bond acceptors (Lipinski definition) is 1. The topological polar surface area (TPSA) is 25.0 Å². The highest BCUT2D eigenvalue weighted by Crippen LogP contribution is 2.18. The number of amides is 1. The number of nitrogens with zero attached hydrogens (tertiary/aromatic N) is 2. The van der Waals surface area contributed by atoms with Gasteiger partial charge in [-0.3, -0.25) is 0 Å². The number of fused-ring (bicyclic) bond motifs is 1. The minimum atomic E-state index is -1.51. The zero-order valence-corrected chi connectivity index (χ0v) is 12.4. The predicted octanol–water partition coefficient (Wildman–Crippen LogP) is 2.78. The summed E-state index contributed by atoms with van der Waals surface area (Å²) in [7, 11) is -1.51. The molecule has 0 fully saturated rings. The molecule has 0 spiro atoms. The van der Waals surface area contributed by atoms with Gasteiger partial charge in [-0.05, 0) is 24.3 Å². The van der Waals surface area contributed by atoms with Crippen molar-refractivity contribution in [3.8, 4) is 0 Å². The van der Waals surface area contributed by atoms with E-state index < -0.39 is 8.07 Å². The minimum absolute atomic E-state index is 0.0311. The van der Waals surface area contributed by atoms with Gasteiger partial charge in [0.15, 0.2) is 5.69 Å². The molecule has 0 N–H and O–H groups in total. The normalized spacial score (nSPS) is 14.5. The second-order valence-corrected chi connectivity index (χ2v) is 10.9. The Morgan fingerprint density at radius 1 is 1.00 bits per heavy atom. The molecule has 19 heavy (non-hydrogen) atoms. The van der Waals surface area contributed by atoms with Crippen molar-refractivity contribution in [3.05, 3.63) is 48.2 Å². The summed E-state index contributed by atoms with van der Waals surface area (Å²) in [5, 5.41) is 1.18. The molecule has 0 saturated carbocycles. The van der Waals surface area contributed by atoms with E-state index in [9.17, 15) is 4.79 Å². The fourth-order valence-electron chi connectivity index (χ4n) is 2.42. The SMILES string of the molecule is C[Si](C)(C)c1ccc2n1C(=O)[N+](c1ccccc1)=C2. The first-order valence-electron chi connectivity index (χ1n) is 6.44. The van der Waals surface area contributed by atoms with Crippen molar-refractivity contribution < 1.29 is 9.37 Å². The molecular formula is C15H17N2OSi+. The molecule has 1 aromatic heterocycles. The van der Waals surface area contributed by atoms with Gasteiger partial charge in [-0.2, -0.15) is 13.9 Å². The molecule has 2 aromatic rings. The quantitative estimate of drug-likeness (QED) is 0.608. The van der Waals surface area contributed by atoms with Crippen molar-refractivity contribution in [3.63, 3.8) is 0 Å². The third-order valence-electron chi connectivity index (χ3n) is 3.37. The lowest BCUT2D eigenvalue weighted by Gasteiger charge is -2.12. The van der Waals surface area contributed by atoms with Crippen LogP contribution in [-0.4, -0.2) is 29.5 Å². The average molecular weight is 269 g/mol. The van der Waals surface area contributed by atoms with Crippen LogP contribution in [0.2, 0.25) is 19.6 Å². The van der Waals surface area contributed by atoms with Crippen LogP contribution in [0.1, 0.15) is 5.69 Å². The summed E-state index contributed by atoms with van der Waals surface area (Å²) in [6.07, 6.45) is 1.92. The summed E-state index contributed by atoms with van der Waals surface area (Å²) < 4.78 is 3.58. The molecule has 4 heteroatoms. The number of carbonyl (C=O) groups excluding carboxylic acids is 1. The number of benzene rings is 1. The minimum Gasteiger partial charge on any atom is -0.196 e. The Bertz CT molecular complexity index is 678. The first-order chi connectivity index (χ1) is 8.98. The Labute approximate surface area is 113 Å². The zero-order chi connectivity index (χ0) is 13.6. The number of hydrogen-bond donors (Lipinski definition) is 0. The number of aromatic nitrogens is 1. The van der Waals surface area contributed by atoms with Gasteiger partial charge in [-0.15, -0.1) is 0 Å². The van der Waals surface area contributed by atoms with Crippen LogP contribution in [0.3, 0.4) is 0 Å². The van der Waals surface area contributed by atoms with Gasteiger partial charge in [0.1, 0.15) is 20.0 Å². The first-order valence-corrected chi connectivity index (χ1v) is 9.94. The standard InChI is InChI=1S/C15H17N2OSi/c1-19(2,3)14-10-9-13-11-16(15(18)17(13)14)12-7-5-4-6-8-12/h4-11H,1-3H3/q+1. The van der Waals surface area contributed by atoms with Crippen LogP contribution in [0.4, 0.5) is 10.5 Å². The molecule has 1 aliphatic heterocycles. The van der Waals surface area contributed by atoms with Crippen LogP contribution < -0.4 is 5.32 Å². The third-order valence-corrected chi connectivity index (χ3v) is 5.30. The maximum Gasteiger partial charge on any atom is 0.508 e. The molecule has 96 valence electrons. The molecule has 1 amide bonds. The monoisotopic (exact) mass is 269 g/mol. The van der Waals surface area contributed by atoms with Gasteiger partial charge in [0.25, 0.3) is 0 Å².